The minimum absolute atomic E-state index is 0.0809. The Morgan fingerprint density at radius 1 is 1.19 bits per heavy atom. The molecule has 2 N–H and O–H groups in total. The number of aliphatic imine (C=N–C) groups is 1. The van der Waals surface area contributed by atoms with E-state index < -0.39 is 0 Å². The van der Waals surface area contributed by atoms with E-state index in [2.05, 4.69) is 20.3 Å². The van der Waals surface area contributed by atoms with E-state index in [0.29, 0.717) is 12.1 Å². The second kappa shape index (κ2) is 7.97. The van der Waals surface area contributed by atoms with E-state index in [-0.39, 0.29) is 5.91 Å². The highest BCUT2D eigenvalue weighted by Crippen LogP contribution is 2.26. The number of amides is 1. The second-order valence-corrected chi connectivity index (χ2v) is 8.13. The van der Waals surface area contributed by atoms with E-state index in [1.165, 1.54) is 0 Å². The molecule has 1 amide bonds. The van der Waals surface area contributed by atoms with Crippen LogP contribution in [0.2, 0.25) is 0 Å². The van der Waals surface area contributed by atoms with Gasteiger partial charge in [-0.3, -0.25) is 9.79 Å². The lowest BCUT2D eigenvalue weighted by atomic mass is 10.1. The number of hydrogen-bond donors (Lipinski definition) is 2. The molecule has 1 aromatic heterocycles. The summed E-state index contributed by atoms with van der Waals surface area (Å²) in [4.78, 5) is 24.8. The van der Waals surface area contributed by atoms with Crippen molar-refractivity contribution in [2.45, 2.75) is 12.3 Å². The third-order valence-corrected chi connectivity index (χ3v) is 6.33. The molecule has 1 aliphatic heterocycles. The van der Waals surface area contributed by atoms with Gasteiger partial charge in [0, 0.05) is 17.1 Å². The summed E-state index contributed by atoms with van der Waals surface area (Å²) in [6.07, 6.45) is 0. The number of thioether (sulfide) groups is 2. The Morgan fingerprint density at radius 2 is 2.04 bits per heavy atom. The molecule has 4 rings (SSSR count). The normalized spacial score (nSPS) is 13.8. The predicted octanol–water partition coefficient (Wildman–Crippen LogP) is 3.83. The fraction of sp³-hybridized carbons (Fsp3) is 0.211. The largest absolute Gasteiger partial charge is 0.345 e. The Labute approximate surface area is 160 Å². The van der Waals surface area contributed by atoms with Crippen LogP contribution < -0.4 is 5.32 Å². The van der Waals surface area contributed by atoms with Crippen molar-refractivity contribution in [1.29, 1.82) is 0 Å². The van der Waals surface area contributed by atoms with Gasteiger partial charge in [0.1, 0.15) is 10.2 Å². The van der Waals surface area contributed by atoms with Gasteiger partial charge in [-0.15, -0.1) is 0 Å². The van der Waals surface area contributed by atoms with Crippen molar-refractivity contribution in [2.24, 2.45) is 4.99 Å². The number of para-hydroxylation sites is 2. The zero-order valence-electron chi connectivity index (χ0n) is 14.1. The summed E-state index contributed by atoms with van der Waals surface area (Å²) in [6, 6.07) is 15.6. The zero-order valence-corrected chi connectivity index (χ0v) is 15.7. The first-order valence-electron chi connectivity index (χ1n) is 8.39. The van der Waals surface area contributed by atoms with Crippen molar-refractivity contribution in [3.63, 3.8) is 0 Å². The molecule has 0 fully saturated rings. The van der Waals surface area contributed by atoms with Gasteiger partial charge in [-0.25, -0.2) is 4.98 Å². The highest BCUT2D eigenvalue weighted by molar-refractivity contribution is 8.38. The Balaban J connectivity index is 1.42. The molecule has 0 radical (unpaired) electrons. The molecule has 0 atom stereocenters. The molecule has 1 aliphatic rings. The molecule has 0 aliphatic carbocycles. The van der Waals surface area contributed by atoms with Gasteiger partial charge < -0.3 is 10.3 Å². The Kier molecular flexibility index (Phi) is 5.26. The molecular weight excluding hydrogens is 364 g/mol. The zero-order chi connectivity index (χ0) is 17.8. The van der Waals surface area contributed by atoms with Crippen LogP contribution in [0.1, 0.15) is 21.7 Å². The highest BCUT2D eigenvalue weighted by Gasteiger charge is 2.14. The van der Waals surface area contributed by atoms with Crippen molar-refractivity contribution in [3.05, 3.63) is 65.5 Å². The quantitative estimate of drug-likeness (QED) is 0.704. The van der Waals surface area contributed by atoms with E-state index in [9.17, 15) is 4.79 Å². The van der Waals surface area contributed by atoms with Gasteiger partial charge in [-0.1, -0.05) is 53.9 Å². The highest BCUT2D eigenvalue weighted by atomic mass is 32.2. The van der Waals surface area contributed by atoms with Gasteiger partial charge in [0.25, 0.3) is 5.91 Å². The number of fused-ring (bicyclic) bond motifs is 1. The maximum atomic E-state index is 12.7. The number of imidazole rings is 1. The van der Waals surface area contributed by atoms with E-state index in [1.54, 1.807) is 23.5 Å². The van der Waals surface area contributed by atoms with E-state index in [0.717, 1.165) is 44.8 Å². The Hall–Kier alpha value is -2.25. The number of nitrogens with one attached hydrogen (secondary N) is 2. The van der Waals surface area contributed by atoms with E-state index in [4.69, 9.17) is 0 Å². The molecule has 3 aromatic rings. The summed E-state index contributed by atoms with van der Waals surface area (Å²) in [5, 5.41) is 2.97. The molecule has 132 valence electrons. The molecule has 0 spiro atoms. The maximum absolute atomic E-state index is 12.7. The summed E-state index contributed by atoms with van der Waals surface area (Å²) in [7, 11) is 0. The third-order valence-electron chi connectivity index (χ3n) is 4.03. The number of carbonyl (C=O) groups is 1. The number of hydrogen-bond acceptors (Lipinski definition) is 5. The first kappa shape index (κ1) is 17.2. The average molecular weight is 383 g/mol. The predicted molar refractivity (Wildman–Crippen MR) is 110 cm³/mol. The number of nitrogens with zero attached hydrogens (tertiary/aromatic N) is 2. The Bertz CT molecular complexity index is 934. The second-order valence-electron chi connectivity index (χ2n) is 5.83. The molecule has 0 bridgehead atoms. The lowest BCUT2D eigenvalue weighted by molar-refractivity contribution is 0.0949. The molecule has 7 heteroatoms. The van der Waals surface area contributed by atoms with Gasteiger partial charge in [-0.2, -0.15) is 0 Å². The molecule has 0 unspecified atom stereocenters. The fourth-order valence-electron chi connectivity index (χ4n) is 2.76. The van der Waals surface area contributed by atoms with Crippen molar-refractivity contribution < 1.29 is 4.79 Å². The smallest absolute Gasteiger partial charge is 0.251 e. The fourth-order valence-corrected chi connectivity index (χ4v) is 4.77. The number of aromatic amines is 1. The minimum Gasteiger partial charge on any atom is -0.345 e. The molecule has 0 saturated carbocycles. The van der Waals surface area contributed by atoms with Crippen LogP contribution in [0, 0.1) is 0 Å². The number of H-pyrrole nitrogens is 1. The summed E-state index contributed by atoms with van der Waals surface area (Å²) < 4.78 is 1.11. The van der Waals surface area contributed by atoms with Gasteiger partial charge >= 0.3 is 0 Å². The molecule has 5 nitrogen and oxygen atoms in total. The number of carbonyl (C=O) groups excluding carboxylic acids is 1. The lowest BCUT2D eigenvalue weighted by Crippen LogP contribution is -2.24. The topological polar surface area (TPSA) is 70.1 Å². The third kappa shape index (κ3) is 3.94. The maximum Gasteiger partial charge on any atom is 0.251 e. The standard InChI is InChI=1S/C19H18N4OS2/c24-18(21-11-17-22-15-7-3-4-8-16(15)23-17)14-6-2-1-5-13(14)12-26-19-20-9-10-25-19/h1-8H,9-12H2,(H,21,24)(H,22,23). The van der Waals surface area contributed by atoms with Crippen LogP contribution in [0.25, 0.3) is 11.0 Å². The summed E-state index contributed by atoms with van der Waals surface area (Å²) >= 11 is 3.49. The first-order chi connectivity index (χ1) is 12.8. The molecule has 2 aromatic carbocycles. The van der Waals surface area contributed by atoms with Crippen LogP contribution in [0.15, 0.2) is 53.5 Å². The van der Waals surface area contributed by atoms with Crippen LogP contribution >= 0.6 is 23.5 Å². The van der Waals surface area contributed by atoms with Crippen LogP contribution in [0.5, 0.6) is 0 Å². The molecular formula is C19H18N4OS2. The minimum atomic E-state index is -0.0809. The number of aromatic nitrogens is 2. The van der Waals surface area contributed by atoms with Gasteiger partial charge in [0.2, 0.25) is 0 Å². The van der Waals surface area contributed by atoms with E-state index in [1.807, 2.05) is 48.5 Å². The van der Waals surface area contributed by atoms with Crippen molar-refractivity contribution in [1.82, 2.24) is 15.3 Å². The molecule has 2 heterocycles. The molecule has 26 heavy (non-hydrogen) atoms. The molecule has 0 saturated heterocycles. The summed E-state index contributed by atoms with van der Waals surface area (Å²) in [5.74, 6) is 2.48. The van der Waals surface area contributed by atoms with Gasteiger partial charge in [0.15, 0.2) is 0 Å². The SMILES string of the molecule is O=C(NCc1nc2ccccc2[nH]1)c1ccccc1CSC1=NCCS1. The van der Waals surface area contributed by atoms with Crippen molar-refractivity contribution >= 4 is 44.8 Å². The van der Waals surface area contributed by atoms with Gasteiger partial charge in [-0.05, 0) is 23.8 Å². The Morgan fingerprint density at radius 3 is 2.88 bits per heavy atom. The summed E-state index contributed by atoms with van der Waals surface area (Å²) in [6.45, 7) is 1.27. The number of rotatable bonds is 5. The van der Waals surface area contributed by atoms with Crippen molar-refractivity contribution in [2.75, 3.05) is 12.3 Å². The van der Waals surface area contributed by atoms with Gasteiger partial charge in [0.05, 0.1) is 24.1 Å². The number of benzene rings is 2. The summed E-state index contributed by atoms with van der Waals surface area (Å²) in [5.41, 5.74) is 3.61. The van der Waals surface area contributed by atoms with Crippen LogP contribution in [0.3, 0.4) is 0 Å². The average Bonchev–Trinajstić information content (AvgIpc) is 3.33. The van der Waals surface area contributed by atoms with E-state index >= 15 is 0 Å². The first-order valence-corrected chi connectivity index (χ1v) is 10.4. The van der Waals surface area contributed by atoms with Crippen LogP contribution in [-0.2, 0) is 12.3 Å². The van der Waals surface area contributed by atoms with Crippen LogP contribution in [0.4, 0.5) is 0 Å². The van der Waals surface area contributed by atoms with Crippen molar-refractivity contribution in [3.8, 4) is 0 Å². The van der Waals surface area contributed by atoms with Crippen LogP contribution in [-0.4, -0.2) is 32.5 Å². The monoisotopic (exact) mass is 382 g/mol. The lowest BCUT2D eigenvalue weighted by Gasteiger charge is -2.09.